The van der Waals surface area contributed by atoms with Gasteiger partial charge in [0.2, 0.25) is 0 Å². The molecule has 4 nitrogen and oxygen atoms in total. The Kier molecular flexibility index (Phi) is 6.65. The zero-order chi connectivity index (χ0) is 22.6. The van der Waals surface area contributed by atoms with Crippen LogP contribution in [0.5, 0.6) is 0 Å². The van der Waals surface area contributed by atoms with Crippen LogP contribution in [-0.2, 0) is 6.18 Å². The highest BCUT2D eigenvalue weighted by Gasteiger charge is 2.34. The van der Waals surface area contributed by atoms with Gasteiger partial charge in [-0.05, 0) is 60.9 Å². The summed E-state index contributed by atoms with van der Waals surface area (Å²) >= 11 is 1.30. The van der Waals surface area contributed by atoms with Gasteiger partial charge in [-0.3, -0.25) is 9.59 Å². The van der Waals surface area contributed by atoms with Crippen LogP contribution in [0.2, 0.25) is 0 Å². The van der Waals surface area contributed by atoms with Crippen molar-refractivity contribution in [1.82, 2.24) is 0 Å². The van der Waals surface area contributed by atoms with Crippen molar-refractivity contribution in [2.45, 2.75) is 11.1 Å². The molecule has 3 rings (SSSR count). The van der Waals surface area contributed by atoms with Crippen LogP contribution in [-0.4, -0.2) is 18.1 Å². The van der Waals surface area contributed by atoms with Crippen molar-refractivity contribution in [3.8, 4) is 0 Å². The summed E-state index contributed by atoms with van der Waals surface area (Å²) in [7, 11) is 0. The molecule has 0 atom stereocenters. The van der Waals surface area contributed by atoms with Crippen LogP contribution < -0.4 is 10.6 Å². The number of nitrogens with one attached hydrogen (secondary N) is 2. The van der Waals surface area contributed by atoms with Crippen molar-refractivity contribution in [2.24, 2.45) is 0 Å². The SMILES string of the molecule is CSc1ccccc1C(=O)Nc1ccc(NC(=O)c2ccc(F)cc2)cc1C(F)(F)F. The third kappa shape index (κ3) is 5.43. The second kappa shape index (κ2) is 9.22. The number of rotatable bonds is 5. The molecule has 0 unspecified atom stereocenters. The molecule has 0 aliphatic carbocycles. The lowest BCUT2D eigenvalue weighted by Crippen LogP contribution is -2.18. The van der Waals surface area contributed by atoms with Crippen molar-refractivity contribution in [1.29, 1.82) is 0 Å². The molecule has 0 saturated carbocycles. The number of hydrogen-bond acceptors (Lipinski definition) is 3. The van der Waals surface area contributed by atoms with Gasteiger partial charge in [0.15, 0.2) is 0 Å². The van der Waals surface area contributed by atoms with Crippen LogP contribution >= 0.6 is 11.8 Å². The van der Waals surface area contributed by atoms with Crippen LogP contribution in [0.4, 0.5) is 28.9 Å². The normalized spacial score (nSPS) is 11.1. The van der Waals surface area contributed by atoms with Gasteiger partial charge in [-0.2, -0.15) is 13.2 Å². The monoisotopic (exact) mass is 448 g/mol. The predicted octanol–water partition coefficient (Wildman–Crippen LogP) is 6.07. The van der Waals surface area contributed by atoms with Gasteiger partial charge in [0.05, 0.1) is 16.8 Å². The highest BCUT2D eigenvalue weighted by atomic mass is 32.2. The summed E-state index contributed by atoms with van der Waals surface area (Å²) in [6, 6.07) is 14.2. The number of halogens is 4. The van der Waals surface area contributed by atoms with Crippen molar-refractivity contribution in [2.75, 3.05) is 16.9 Å². The van der Waals surface area contributed by atoms with E-state index in [2.05, 4.69) is 10.6 Å². The maximum absolute atomic E-state index is 13.6. The van der Waals surface area contributed by atoms with Gasteiger partial charge in [-0.25, -0.2) is 4.39 Å². The Hall–Kier alpha value is -3.33. The number of anilines is 2. The molecular weight excluding hydrogens is 432 g/mol. The Morgan fingerprint density at radius 1 is 0.871 bits per heavy atom. The molecule has 3 aromatic rings. The third-order valence-electron chi connectivity index (χ3n) is 4.29. The Balaban J connectivity index is 1.87. The van der Waals surface area contributed by atoms with Crippen molar-refractivity contribution in [3.05, 3.63) is 89.2 Å². The number of carbonyl (C=O) groups excluding carboxylic acids is 2. The molecule has 160 valence electrons. The van der Waals surface area contributed by atoms with Gasteiger partial charge in [0, 0.05) is 16.1 Å². The molecule has 0 aliphatic rings. The van der Waals surface area contributed by atoms with E-state index in [0.29, 0.717) is 4.90 Å². The smallest absolute Gasteiger partial charge is 0.322 e. The molecule has 0 spiro atoms. The highest BCUT2D eigenvalue weighted by molar-refractivity contribution is 7.98. The van der Waals surface area contributed by atoms with Crippen LogP contribution in [0.1, 0.15) is 26.3 Å². The first-order valence-corrected chi connectivity index (χ1v) is 10.1. The molecule has 0 saturated heterocycles. The standard InChI is InChI=1S/C22H16F4N2O2S/c1-31-19-5-3-2-4-16(19)21(30)28-18-11-10-15(12-17(18)22(24,25)26)27-20(29)13-6-8-14(23)9-7-13/h2-12H,1H3,(H,27,29)(H,28,30). The van der Waals surface area contributed by atoms with Gasteiger partial charge in [0.1, 0.15) is 5.82 Å². The summed E-state index contributed by atoms with van der Waals surface area (Å²) in [6.45, 7) is 0. The number of carbonyl (C=O) groups is 2. The average Bonchev–Trinajstić information content (AvgIpc) is 2.74. The van der Waals surface area contributed by atoms with E-state index in [-0.39, 0.29) is 16.8 Å². The highest BCUT2D eigenvalue weighted by Crippen LogP contribution is 2.37. The maximum atomic E-state index is 13.6. The predicted molar refractivity (Wildman–Crippen MR) is 112 cm³/mol. The largest absolute Gasteiger partial charge is 0.418 e. The molecule has 0 heterocycles. The molecule has 9 heteroatoms. The molecule has 31 heavy (non-hydrogen) atoms. The number of thioether (sulfide) groups is 1. The van der Waals surface area contributed by atoms with E-state index in [1.165, 1.54) is 36.0 Å². The fourth-order valence-electron chi connectivity index (χ4n) is 2.79. The van der Waals surface area contributed by atoms with Crippen molar-refractivity contribution < 1.29 is 27.2 Å². The lowest BCUT2D eigenvalue weighted by molar-refractivity contribution is -0.136. The minimum Gasteiger partial charge on any atom is -0.322 e. The first-order valence-electron chi connectivity index (χ1n) is 8.91. The molecule has 2 N–H and O–H groups in total. The number of alkyl halides is 3. The summed E-state index contributed by atoms with van der Waals surface area (Å²) < 4.78 is 53.9. The van der Waals surface area contributed by atoms with Crippen molar-refractivity contribution in [3.63, 3.8) is 0 Å². The topological polar surface area (TPSA) is 58.2 Å². The number of amides is 2. The average molecular weight is 448 g/mol. The quantitative estimate of drug-likeness (QED) is 0.368. The van der Waals surface area contributed by atoms with Gasteiger partial charge in [-0.15, -0.1) is 11.8 Å². The molecule has 0 aromatic heterocycles. The fourth-order valence-corrected chi connectivity index (χ4v) is 3.39. The Labute approximate surface area is 179 Å². The van der Waals surface area contributed by atoms with E-state index in [4.69, 9.17) is 0 Å². The summed E-state index contributed by atoms with van der Waals surface area (Å²) in [5, 5.41) is 4.64. The number of benzene rings is 3. The summed E-state index contributed by atoms with van der Waals surface area (Å²) in [6.07, 6.45) is -3.02. The molecule has 0 fully saturated rings. The molecule has 0 radical (unpaired) electrons. The van der Waals surface area contributed by atoms with E-state index < -0.39 is 35.1 Å². The van der Waals surface area contributed by atoms with E-state index in [1.807, 2.05) is 0 Å². The van der Waals surface area contributed by atoms with E-state index in [9.17, 15) is 27.2 Å². The van der Waals surface area contributed by atoms with E-state index in [0.717, 1.165) is 24.3 Å². The van der Waals surface area contributed by atoms with Gasteiger partial charge < -0.3 is 10.6 Å². The Morgan fingerprint density at radius 2 is 1.55 bits per heavy atom. The van der Waals surface area contributed by atoms with Crippen LogP contribution in [0.15, 0.2) is 71.6 Å². The number of hydrogen-bond donors (Lipinski definition) is 2. The van der Waals surface area contributed by atoms with Crippen LogP contribution in [0.25, 0.3) is 0 Å². The molecular formula is C22H16F4N2O2S. The molecule has 0 aliphatic heterocycles. The van der Waals surface area contributed by atoms with Gasteiger partial charge in [-0.1, -0.05) is 12.1 Å². The zero-order valence-electron chi connectivity index (χ0n) is 16.1. The summed E-state index contributed by atoms with van der Waals surface area (Å²) in [5.41, 5.74) is -1.34. The Morgan fingerprint density at radius 3 is 2.19 bits per heavy atom. The van der Waals surface area contributed by atoms with Gasteiger partial charge in [0.25, 0.3) is 11.8 Å². The van der Waals surface area contributed by atoms with E-state index >= 15 is 0 Å². The Bertz CT molecular complexity index is 1120. The van der Waals surface area contributed by atoms with Crippen LogP contribution in [0, 0.1) is 5.82 Å². The van der Waals surface area contributed by atoms with Gasteiger partial charge >= 0.3 is 6.18 Å². The summed E-state index contributed by atoms with van der Waals surface area (Å²) in [4.78, 5) is 25.4. The lowest BCUT2D eigenvalue weighted by atomic mass is 10.1. The second-order valence-corrected chi connectivity index (χ2v) is 7.22. The fraction of sp³-hybridized carbons (Fsp3) is 0.0909. The lowest BCUT2D eigenvalue weighted by Gasteiger charge is -2.16. The molecule has 0 bridgehead atoms. The second-order valence-electron chi connectivity index (χ2n) is 6.37. The van der Waals surface area contributed by atoms with Crippen LogP contribution in [0.3, 0.4) is 0 Å². The van der Waals surface area contributed by atoms with E-state index in [1.54, 1.807) is 24.5 Å². The maximum Gasteiger partial charge on any atom is 0.418 e. The molecule has 3 aromatic carbocycles. The van der Waals surface area contributed by atoms with Crippen molar-refractivity contribution >= 4 is 35.0 Å². The first-order chi connectivity index (χ1) is 14.7. The third-order valence-corrected chi connectivity index (χ3v) is 5.08. The summed E-state index contributed by atoms with van der Waals surface area (Å²) in [5.74, 6) is -1.92. The zero-order valence-corrected chi connectivity index (χ0v) is 16.9. The first kappa shape index (κ1) is 22.4. The molecule has 2 amide bonds. The minimum absolute atomic E-state index is 0.0843. The minimum atomic E-state index is -4.78.